The molecule has 12 heteroatoms. The van der Waals surface area contributed by atoms with Gasteiger partial charge in [0.05, 0.1) is 22.5 Å². The maximum atomic E-state index is 14.5. The molecule has 0 unspecified atom stereocenters. The monoisotopic (exact) mass is 548 g/mol. The standard InChI is InChI=1S/C27H29FN8O2S/c1-35(2)24-4-3-18(15-32-24)22-11-19(21(28)16-31-22)14-29-13-17-6-9-36(10-7-17)26-30-8-5-20(33-26)12-23-25(37)34-27(38)39-23/h3-5,8,11-12,15-17,29H,6-7,9-10,13-14H2,1-2H3,(H,34,37,38)/b23-12-. The average Bonchev–Trinajstić information content (AvgIpc) is 3.26. The molecule has 0 aliphatic carbocycles. The van der Waals surface area contributed by atoms with Gasteiger partial charge in [0.25, 0.3) is 11.1 Å². The summed E-state index contributed by atoms with van der Waals surface area (Å²) in [5.74, 6) is 1.16. The highest BCUT2D eigenvalue weighted by Crippen LogP contribution is 2.26. The normalized spacial score (nSPS) is 17.1. The van der Waals surface area contributed by atoms with Gasteiger partial charge in [0.1, 0.15) is 11.6 Å². The van der Waals surface area contributed by atoms with Crippen molar-refractivity contribution >= 4 is 40.8 Å². The highest BCUT2D eigenvalue weighted by atomic mass is 32.2. The second kappa shape index (κ2) is 11.9. The molecule has 0 bridgehead atoms. The minimum absolute atomic E-state index is 0.325. The minimum Gasteiger partial charge on any atom is -0.363 e. The summed E-state index contributed by atoms with van der Waals surface area (Å²) in [4.78, 5) is 45.2. The molecule has 0 radical (unpaired) electrons. The topological polar surface area (TPSA) is 116 Å². The fraction of sp³-hybridized carbons (Fsp3) is 0.333. The molecular formula is C27H29FN8O2S. The smallest absolute Gasteiger partial charge is 0.290 e. The Hall–Kier alpha value is -3.90. The number of rotatable bonds is 8. The third kappa shape index (κ3) is 6.58. The summed E-state index contributed by atoms with van der Waals surface area (Å²) in [6, 6.07) is 7.34. The van der Waals surface area contributed by atoms with Gasteiger partial charge in [0.2, 0.25) is 5.95 Å². The van der Waals surface area contributed by atoms with Crippen LogP contribution in [0.2, 0.25) is 0 Å². The van der Waals surface area contributed by atoms with Gasteiger partial charge >= 0.3 is 0 Å². The van der Waals surface area contributed by atoms with Gasteiger partial charge in [-0.2, -0.15) is 0 Å². The summed E-state index contributed by atoms with van der Waals surface area (Å²) >= 11 is 0.867. The van der Waals surface area contributed by atoms with Gasteiger partial charge in [-0.15, -0.1) is 0 Å². The number of hydrogen-bond acceptors (Lipinski definition) is 10. The predicted molar refractivity (Wildman–Crippen MR) is 150 cm³/mol. The zero-order chi connectivity index (χ0) is 27.4. The van der Waals surface area contributed by atoms with E-state index in [1.165, 1.54) is 6.20 Å². The number of anilines is 2. The number of amides is 2. The van der Waals surface area contributed by atoms with Crippen molar-refractivity contribution in [3.63, 3.8) is 0 Å². The van der Waals surface area contributed by atoms with Crippen molar-refractivity contribution in [1.82, 2.24) is 30.6 Å². The molecule has 202 valence electrons. The number of thioether (sulfide) groups is 1. The van der Waals surface area contributed by atoms with Gasteiger partial charge in [-0.3, -0.25) is 19.9 Å². The molecule has 10 nitrogen and oxygen atoms in total. The van der Waals surface area contributed by atoms with Gasteiger partial charge in [-0.1, -0.05) is 0 Å². The van der Waals surface area contributed by atoms with E-state index >= 15 is 0 Å². The lowest BCUT2D eigenvalue weighted by Crippen LogP contribution is -2.38. The van der Waals surface area contributed by atoms with Crippen LogP contribution in [-0.4, -0.2) is 64.8 Å². The number of carbonyl (C=O) groups is 2. The summed E-state index contributed by atoms with van der Waals surface area (Å²) in [6.07, 6.45) is 8.18. The van der Waals surface area contributed by atoms with E-state index in [0.717, 1.165) is 55.6 Å². The van der Waals surface area contributed by atoms with E-state index in [2.05, 4.69) is 35.5 Å². The second-order valence-electron chi connectivity index (χ2n) is 9.66. The van der Waals surface area contributed by atoms with E-state index in [0.29, 0.717) is 40.3 Å². The van der Waals surface area contributed by atoms with Crippen LogP contribution in [0.5, 0.6) is 0 Å². The molecule has 39 heavy (non-hydrogen) atoms. The van der Waals surface area contributed by atoms with Gasteiger partial charge in [0.15, 0.2) is 0 Å². The van der Waals surface area contributed by atoms with E-state index in [1.54, 1.807) is 30.6 Å². The van der Waals surface area contributed by atoms with Crippen molar-refractivity contribution in [1.29, 1.82) is 0 Å². The van der Waals surface area contributed by atoms with Crippen LogP contribution in [-0.2, 0) is 11.3 Å². The lowest BCUT2D eigenvalue weighted by Gasteiger charge is -2.32. The second-order valence-corrected chi connectivity index (χ2v) is 10.7. The number of hydrogen-bond donors (Lipinski definition) is 2. The molecule has 0 aromatic carbocycles. The summed E-state index contributed by atoms with van der Waals surface area (Å²) in [5, 5.41) is 5.28. The highest BCUT2D eigenvalue weighted by molar-refractivity contribution is 8.18. The van der Waals surface area contributed by atoms with Crippen LogP contribution < -0.4 is 20.4 Å². The number of pyridine rings is 2. The Morgan fingerprint density at radius 2 is 1.97 bits per heavy atom. The van der Waals surface area contributed by atoms with E-state index in [-0.39, 0.29) is 11.1 Å². The Bertz CT molecular complexity index is 1390. The Morgan fingerprint density at radius 3 is 2.67 bits per heavy atom. The van der Waals surface area contributed by atoms with Crippen LogP contribution >= 0.6 is 11.8 Å². The van der Waals surface area contributed by atoms with Crippen LogP contribution in [0.25, 0.3) is 17.3 Å². The first kappa shape index (κ1) is 26.7. The Balaban J connectivity index is 1.13. The van der Waals surface area contributed by atoms with E-state index in [9.17, 15) is 14.0 Å². The first-order valence-electron chi connectivity index (χ1n) is 12.7. The average molecular weight is 549 g/mol. The number of nitrogens with one attached hydrogen (secondary N) is 2. The summed E-state index contributed by atoms with van der Waals surface area (Å²) < 4.78 is 14.5. The van der Waals surface area contributed by atoms with Crippen molar-refractivity contribution in [3.8, 4) is 11.3 Å². The third-order valence-corrected chi connectivity index (χ3v) is 7.48. The molecule has 2 fully saturated rings. The largest absolute Gasteiger partial charge is 0.363 e. The van der Waals surface area contributed by atoms with Crippen LogP contribution in [0.3, 0.4) is 0 Å². The molecule has 5 heterocycles. The van der Waals surface area contributed by atoms with Crippen molar-refractivity contribution in [2.24, 2.45) is 5.92 Å². The van der Waals surface area contributed by atoms with Gasteiger partial charge < -0.3 is 15.1 Å². The van der Waals surface area contributed by atoms with Crippen LogP contribution in [0.1, 0.15) is 24.1 Å². The van der Waals surface area contributed by atoms with Crippen molar-refractivity contribution in [2.45, 2.75) is 19.4 Å². The molecule has 0 saturated carbocycles. The zero-order valence-corrected chi connectivity index (χ0v) is 22.5. The summed E-state index contributed by atoms with van der Waals surface area (Å²) in [7, 11) is 3.86. The maximum Gasteiger partial charge on any atom is 0.290 e. The van der Waals surface area contributed by atoms with Gasteiger partial charge in [-0.25, -0.2) is 19.3 Å². The zero-order valence-electron chi connectivity index (χ0n) is 21.7. The molecular weight excluding hydrogens is 519 g/mol. The first-order chi connectivity index (χ1) is 18.9. The quantitative estimate of drug-likeness (QED) is 0.406. The van der Waals surface area contributed by atoms with E-state index in [1.807, 2.05) is 31.1 Å². The molecule has 0 spiro atoms. The fourth-order valence-electron chi connectivity index (χ4n) is 4.47. The van der Waals surface area contributed by atoms with Crippen LogP contribution in [0, 0.1) is 11.7 Å². The lowest BCUT2D eigenvalue weighted by atomic mass is 9.97. The van der Waals surface area contributed by atoms with Crippen LogP contribution in [0.4, 0.5) is 21.0 Å². The van der Waals surface area contributed by atoms with Gasteiger partial charge in [0, 0.05) is 57.3 Å². The Kier molecular flexibility index (Phi) is 8.13. The predicted octanol–water partition coefficient (Wildman–Crippen LogP) is 3.47. The van der Waals surface area contributed by atoms with E-state index in [4.69, 9.17) is 0 Å². The third-order valence-electron chi connectivity index (χ3n) is 6.67. The van der Waals surface area contributed by atoms with E-state index < -0.39 is 5.91 Å². The number of nitrogens with zero attached hydrogens (tertiary/aromatic N) is 6. The first-order valence-corrected chi connectivity index (χ1v) is 13.5. The minimum atomic E-state index is -0.406. The Labute approximate surface area is 230 Å². The number of halogens is 1. The number of imide groups is 1. The molecule has 2 N–H and O–H groups in total. The maximum absolute atomic E-state index is 14.5. The molecule has 3 aromatic rings. The fourth-order valence-corrected chi connectivity index (χ4v) is 5.14. The molecule has 2 aliphatic rings. The number of carbonyl (C=O) groups excluding carboxylic acids is 2. The molecule has 0 atom stereocenters. The van der Waals surface area contributed by atoms with Crippen molar-refractivity contribution in [2.75, 3.05) is 43.5 Å². The highest BCUT2D eigenvalue weighted by Gasteiger charge is 2.26. The molecule has 2 aliphatic heterocycles. The molecule has 3 aromatic heterocycles. The number of aromatic nitrogens is 4. The number of piperidine rings is 1. The lowest BCUT2D eigenvalue weighted by molar-refractivity contribution is -0.115. The van der Waals surface area contributed by atoms with Crippen molar-refractivity contribution < 1.29 is 14.0 Å². The summed E-state index contributed by atoms with van der Waals surface area (Å²) in [5.41, 5.74) is 2.69. The molecule has 2 saturated heterocycles. The molecule has 5 rings (SSSR count). The van der Waals surface area contributed by atoms with Gasteiger partial charge in [-0.05, 0) is 67.4 Å². The molecule has 2 amide bonds. The SMILES string of the molecule is CN(C)c1ccc(-c2cc(CNCC3CCN(c4nccc(/C=C5\SC(=O)NC5=O)n4)CC3)c(F)cn2)cn1. The summed E-state index contributed by atoms with van der Waals surface area (Å²) in [6.45, 7) is 2.78. The van der Waals surface area contributed by atoms with Crippen LogP contribution in [0.15, 0.2) is 47.8 Å². The Morgan fingerprint density at radius 1 is 1.15 bits per heavy atom. The van der Waals surface area contributed by atoms with Crippen molar-refractivity contribution in [3.05, 3.63) is 64.8 Å².